The lowest BCUT2D eigenvalue weighted by Crippen LogP contribution is -2.41. The highest BCUT2D eigenvalue weighted by atomic mass is 16.5. The fourth-order valence-electron chi connectivity index (χ4n) is 4.02. The summed E-state index contributed by atoms with van der Waals surface area (Å²) in [6, 6.07) is 1.64. The SMILES string of the molecule is COc1c(O)cc2c3c1O[C@H]1CC(=O)C=C[C@@]31CCN(C=O)C2. The van der Waals surface area contributed by atoms with E-state index in [1.807, 2.05) is 6.08 Å². The molecule has 0 unspecified atom stereocenters. The standard InChI is InChI=1S/C17H17NO5/c1-22-15-12(21)6-10-8-18(9-19)5-4-17-3-2-11(20)7-13(17)23-16(15)14(10)17/h2-3,6,9,13,21H,4-5,7-8H2,1H3/t13-,17-/m0/s1. The maximum Gasteiger partial charge on any atom is 0.210 e. The number of rotatable bonds is 2. The first kappa shape index (κ1) is 14.1. The summed E-state index contributed by atoms with van der Waals surface area (Å²) in [7, 11) is 1.48. The molecule has 2 heterocycles. The van der Waals surface area contributed by atoms with E-state index in [0.717, 1.165) is 17.5 Å². The van der Waals surface area contributed by atoms with Gasteiger partial charge in [0.05, 0.1) is 12.5 Å². The molecule has 0 aromatic heterocycles. The molecule has 2 aliphatic heterocycles. The molecule has 1 aromatic carbocycles. The lowest BCUT2D eigenvalue weighted by Gasteiger charge is -2.33. The number of phenols is 1. The Balaban J connectivity index is 1.99. The molecule has 4 rings (SSSR count). The molecule has 6 heteroatoms. The average Bonchev–Trinajstić information content (AvgIpc) is 2.76. The molecule has 1 aromatic rings. The Bertz CT molecular complexity index is 741. The van der Waals surface area contributed by atoms with Crippen LogP contribution in [-0.4, -0.2) is 42.0 Å². The van der Waals surface area contributed by atoms with E-state index in [-0.39, 0.29) is 29.8 Å². The third kappa shape index (κ3) is 1.81. The van der Waals surface area contributed by atoms with Gasteiger partial charge in [-0.15, -0.1) is 0 Å². The zero-order valence-electron chi connectivity index (χ0n) is 12.7. The minimum absolute atomic E-state index is 0.0156. The maximum absolute atomic E-state index is 11.8. The van der Waals surface area contributed by atoms with E-state index in [9.17, 15) is 14.7 Å². The van der Waals surface area contributed by atoms with Gasteiger partial charge in [-0.3, -0.25) is 9.59 Å². The van der Waals surface area contributed by atoms with Crippen LogP contribution in [0.3, 0.4) is 0 Å². The minimum atomic E-state index is -0.447. The highest BCUT2D eigenvalue weighted by molar-refractivity contribution is 5.92. The largest absolute Gasteiger partial charge is 0.504 e. The van der Waals surface area contributed by atoms with Crippen molar-refractivity contribution >= 4 is 12.2 Å². The van der Waals surface area contributed by atoms with Gasteiger partial charge in [-0.25, -0.2) is 0 Å². The quantitative estimate of drug-likeness (QED) is 0.832. The highest BCUT2D eigenvalue weighted by Gasteiger charge is 2.53. The fourth-order valence-corrected chi connectivity index (χ4v) is 4.02. The summed E-state index contributed by atoms with van der Waals surface area (Å²) in [6.45, 7) is 0.974. The molecular formula is C17H17NO5. The van der Waals surface area contributed by atoms with E-state index in [4.69, 9.17) is 9.47 Å². The second-order valence-electron chi connectivity index (χ2n) is 6.27. The molecule has 0 fully saturated rings. The van der Waals surface area contributed by atoms with Crippen molar-refractivity contribution < 1.29 is 24.2 Å². The normalized spacial score (nSPS) is 27.8. The van der Waals surface area contributed by atoms with Gasteiger partial charge in [-0.1, -0.05) is 6.08 Å². The molecule has 2 atom stereocenters. The number of amides is 1. The number of hydrogen-bond acceptors (Lipinski definition) is 5. The first-order valence-corrected chi connectivity index (χ1v) is 7.60. The van der Waals surface area contributed by atoms with Crippen molar-refractivity contribution in [2.45, 2.75) is 30.9 Å². The zero-order valence-corrected chi connectivity index (χ0v) is 12.7. The number of ketones is 1. The number of nitrogens with zero attached hydrogens (tertiary/aromatic N) is 1. The Labute approximate surface area is 133 Å². The van der Waals surface area contributed by atoms with Crippen molar-refractivity contribution in [3.05, 3.63) is 29.3 Å². The number of hydrogen-bond donors (Lipinski definition) is 1. The summed E-state index contributed by atoms with van der Waals surface area (Å²) in [5.74, 6) is 0.797. The molecule has 6 nitrogen and oxygen atoms in total. The van der Waals surface area contributed by atoms with Gasteiger partial charge in [0.15, 0.2) is 17.3 Å². The third-order valence-electron chi connectivity index (χ3n) is 5.09. The lowest BCUT2D eigenvalue weighted by atomic mass is 9.69. The maximum atomic E-state index is 11.8. The van der Waals surface area contributed by atoms with Gasteiger partial charge in [0.2, 0.25) is 12.2 Å². The molecule has 3 aliphatic rings. The number of carbonyl (C=O) groups excluding carboxylic acids is 2. The summed E-state index contributed by atoms with van der Waals surface area (Å²) >= 11 is 0. The summed E-state index contributed by atoms with van der Waals surface area (Å²) in [4.78, 5) is 24.8. The molecule has 1 N–H and O–H groups in total. The molecule has 0 bridgehead atoms. The van der Waals surface area contributed by atoms with Crippen molar-refractivity contribution in [2.75, 3.05) is 13.7 Å². The topological polar surface area (TPSA) is 76.1 Å². The molecular weight excluding hydrogens is 298 g/mol. The summed E-state index contributed by atoms with van der Waals surface area (Å²) in [5.41, 5.74) is 1.33. The zero-order chi connectivity index (χ0) is 16.2. The fraction of sp³-hybridized carbons (Fsp3) is 0.412. The van der Waals surface area contributed by atoms with Crippen molar-refractivity contribution in [2.24, 2.45) is 0 Å². The monoisotopic (exact) mass is 315 g/mol. The molecule has 1 aliphatic carbocycles. The summed E-state index contributed by atoms with van der Waals surface area (Å²) in [5, 5.41) is 10.2. The Morgan fingerprint density at radius 3 is 3.09 bits per heavy atom. The number of phenolic OH excluding ortho intramolecular Hbond substituents is 1. The van der Waals surface area contributed by atoms with Crippen LogP contribution in [0.2, 0.25) is 0 Å². The second kappa shape index (κ2) is 4.75. The van der Waals surface area contributed by atoms with Gasteiger partial charge >= 0.3 is 0 Å². The van der Waals surface area contributed by atoms with Gasteiger partial charge in [0.25, 0.3) is 0 Å². The van der Waals surface area contributed by atoms with E-state index in [0.29, 0.717) is 25.3 Å². The van der Waals surface area contributed by atoms with Crippen LogP contribution in [-0.2, 0) is 21.5 Å². The highest BCUT2D eigenvalue weighted by Crippen LogP contribution is 2.57. The van der Waals surface area contributed by atoms with Crippen LogP contribution >= 0.6 is 0 Å². The van der Waals surface area contributed by atoms with E-state index in [1.165, 1.54) is 7.11 Å². The van der Waals surface area contributed by atoms with Crippen LogP contribution < -0.4 is 9.47 Å². The molecule has 0 radical (unpaired) electrons. The van der Waals surface area contributed by atoms with Gasteiger partial charge in [0.1, 0.15) is 6.10 Å². The van der Waals surface area contributed by atoms with Gasteiger partial charge in [-0.2, -0.15) is 0 Å². The number of allylic oxidation sites excluding steroid dienone is 1. The van der Waals surface area contributed by atoms with Crippen LogP contribution in [0.5, 0.6) is 17.2 Å². The number of carbonyl (C=O) groups is 2. The third-order valence-corrected chi connectivity index (χ3v) is 5.09. The van der Waals surface area contributed by atoms with Gasteiger partial charge in [-0.05, 0) is 24.1 Å². The van der Waals surface area contributed by atoms with Crippen molar-refractivity contribution in [3.8, 4) is 17.2 Å². The first-order chi connectivity index (χ1) is 11.1. The summed E-state index contributed by atoms with van der Waals surface area (Å²) in [6.07, 6.45) is 4.97. The van der Waals surface area contributed by atoms with Crippen LogP contribution in [0.4, 0.5) is 0 Å². The average molecular weight is 315 g/mol. The van der Waals surface area contributed by atoms with Gasteiger partial charge in [0, 0.05) is 25.1 Å². The van der Waals surface area contributed by atoms with Crippen molar-refractivity contribution in [1.29, 1.82) is 0 Å². The van der Waals surface area contributed by atoms with Crippen molar-refractivity contribution in [3.63, 3.8) is 0 Å². The Hall–Kier alpha value is -2.50. The van der Waals surface area contributed by atoms with E-state index >= 15 is 0 Å². The molecule has 23 heavy (non-hydrogen) atoms. The lowest BCUT2D eigenvalue weighted by molar-refractivity contribution is -0.119. The first-order valence-electron chi connectivity index (χ1n) is 7.60. The van der Waals surface area contributed by atoms with Crippen LogP contribution in [0.25, 0.3) is 0 Å². The van der Waals surface area contributed by atoms with Crippen LogP contribution in [0.1, 0.15) is 24.0 Å². The Kier molecular flexibility index (Phi) is 2.91. The number of benzene rings is 1. The predicted molar refractivity (Wildman–Crippen MR) is 80.6 cm³/mol. The van der Waals surface area contributed by atoms with E-state index in [2.05, 4.69) is 0 Å². The smallest absolute Gasteiger partial charge is 0.210 e. The molecule has 0 saturated carbocycles. The molecule has 120 valence electrons. The van der Waals surface area contributed by atoms with E-state index < -0.39 is 5.41 Å². The number of methoxy groups -OCH3 is 1. The Morgan fingerprint density at radius 1 is 1.52 bits per heavy atom. The van der Waals surface area contributed by atoms with Gasteiger partial charge < -0.3 is 19.5 Å². The van der Waals surface area contributed by atoms with Crippen LogP contribution in [0.15, 0.2) is 18.2 Å². The van der Waals surface area contributed by atoms with Crippen LogP contribution in [0, 0.1) is 0 Å². The Morgan fingerprint density at radius 2 is 2.35 bits per heavy atom. The minimum Gasteiger partial charge on any atom is -0.504 e. The predicted octanol–water partition coefficient (Wildman–Crippen LogP) is 1.29. The molecule has 0 saturated heterocycles. The number of aromatic hydroxyl groups is 1. The summed E-state index contributed by atoms with van der Waals surface area (Å²) < 4.78 is 11.4. The number of ether oxygens (including phenoxy) is 2. The molecule has 1 spiro atoms. The molecule has 1 amide bonds. The van der Waals surface area contributed by atoms with Crippen molar-refractivity contribution in [1.82, 2.24) is 4.90 Å². The second-order valence-corrected chi connectivity index (χ2v) is 6.27. The van der Waals surface area contributed by atoms with E-state index in [1.54, 1.807) is 17.0 Å².